The zero-order chi connectivity index (χ0) is 6.57. The van der Waals surface area contributed by atoms with Crippen LogP contribution in [0, 0.1) is 5.92 Å². The molecule has 0 aliphatic rings. The van der Waals surface area contributed by atoms with Crippen LogP contribution in [-0.2, 0) is 0 Å². The molecule has 0 bridgehead atoms. The molecule has 0 saturated carbocycles. The van der Waals surface area contributed by atoms with E-state index in [0.717, 1.165) is 12.3 Å². The van der Waals surface area contributed by atoms with Gasteiger partial charge in [0.05, 0.1) is 0 Å². The minimum absolute atomic E-state index is 0.500. The first-order valence-corrected chi connectivity index (χ1v) is 3.85. The summed E-state index contributed by atoms with van der Waals surface area (Å²) in [6, 6.07) is 0. The molecular formula is C7H15S. The van der Waals surface area contributed by atoms with Crippen molar-refractivity contribution in [2.24, 2.45) is 5.92 Å². The van der Waals surface area contributed by atoms with Gasteiger partial charge in [0.1, 0.15) is 0 Å². The molecule has 49 valence electrons. The van der Waals surface area contributed by atoms with Crippen molar-refractivity contribution in [2.45, 2.75) is 38.9 Å². The Balaban J connectivity index is 3.29. The Bertz CT molecular complexity index is 44.3. The zero-order valence-corrected chi connectivity index (χ0v) is 6.79. The highest BCUT2D eigenvalue weighted by Crippen LogP contribution is 2.15. The Morgan fingerprint density at radius 1 is 1.25 bits per heavy atom. The van der Waals surface area contributed by atoms with Gasteiger partial charge in [0.2, 0.25) is 0 Å². The van der Waals surface area contributed by atoms with E-state index in [1.807, 2.05) is 0 Å². The minimum Gasteiger partial charge on any atom is -0.0902 e. The molecule has 0 aliphatic heterocycles. The van der Waals surface area contributed by atoms with Gasteiger partial charge in [0, 0.05) is 5.25 Å². The molecule has 0 aromatic heterocycles. The third kappa shape index (κ3) is 2.61. The molecule has 1 radical (unpaired) electrons. The van der Waals surface area contributed by atoms with Crippen molar-refractivity contribution < 1.29 is 0 Å². The van der Waals surface area contributed by atoms with Crippen LogP contribution < -0.4 is 0 Å². The highest BCUT2D eigenvalue weighted by Gasteiger charge is 2.07. The molecule has 1 heteroatoms. The summed E-state index contributed by atoms with van der Waals surface area (Å²) in [7, 11) is 0. The standard InChI is InChI=1S/C7H15S/c1-4-6(3)7(8)5-2/h6-7H,4-5H2,1-3H3. The molecule has 2 atom stereocenters. The first-order chi connectivity index (χ1) is 3.72. The third-order valence-corrected chi connectivity index (χ3v) is 2.48. The molecule has 0 N–H and O–H groups in total. The van der Waals surface area contributed by atoms with Gasteiger partial charge in [0.25, 0.3) is 0 Å². The van der Waals surface area contributed by atoms with E-state index in [1.54, 1.807) is 0 Å². The Labute approximate surface area is 58.1 Å². The van der Waals surface area contributed by atoms with Gasteiger partial charge in [-0.25, -0.2) is 0 Å². The lowest BCUT2D eigenvalue weighted by Gasteiger charge is -2.12. The largest absolute Gasteiger partial charge is 0.0902 e. The number of hydrogen-bond donors (Lipinski definition) is 0. The average Bonchev–Trinajstić information content (AvgIpc) is 1.84. The number of hydrogen-bond acceptors (Lipinski definition) is 0. The summed E-state index contributed by atoms with van der Waals surface area (Å²) in [4.78, 5) is 0. The minimum atomic E-state index is 0.500. The predicted octanol–water partition coefficient (Wildman–Crippen LogP) is 3.01. The quantitative estimate of drug-likeness (QED) is 0.552. The van der Waals surface area contributed by atoms with Crippen LogP contribution in [0.3, 0.4) is 0 Å². The second-order valence-corrected chi connectivity index (χ2v) is 2.94. The van der Waals surface area contributed by atoms with Crippen molar-refractivity contribution in [3.63, 3.8) is 0 Å². The van der Waals surface area contributed by atoms with Crippen LogP contribution in [0.25, 0.3) is 0 Å². The van der Waals surface area contributed by atoms with Crippen molar-refractivity contribution in [3.05, 3.63) is 0 Å². The van der Waals surface area contributed by atoms with Gasteiger partial charge in [-0.15, -0.1) is 0 Å². The maximum Gasteiger partial charge on any atom is 0.0174 e. The fraction of sp³-hybridized carbons (Fsp3) is 1.00. The van der Waals surface area contributed by atoms with Gasteiger partial charge in [-0.3, -0.25) is 0 Å². The lowest BCUT2D eigenvalue weighted by atomic mass is 10.0. The Morgan fingerprint density at radius 2 is 1.75 bits per heavy atom. The SMILES string of the molecule is CCC(C)C([S])CC. The summed E-state index contributed by atoms with van der Waals surface area (Å²) < 4.78 is 0. The van der Waals surface area contributed by atoms with Gasteiger partial charge in [0.15, 0.2) is 0 Å². The molecule has 0 fully saturated rings. The lowest BCUT2D eigenvalue weighted by molar-refractivity contribution is 0.527. The predicted molar refractivity (Wildman–Crippen MR) is 41.1 cm³/mol. The average molecular weight is 131 g/mol. The van der Waals surface area contributed by atoms with E-state index in [-0.39, 0.29) is 0 Å². The summed E-state index contributed by atoms with van der Waals surface area (Å²) in [5, 5.41) is 0.500. The fourth-order valence-electron chi connectivity index (χ4n) is 0.665. The van der Waals surface area contributed by atoms with Crippen molar-refractivity contribution in [3.8, 4) is 0 Å². The summed E-state index contributed by atoms with van der Waals surface area (Å²) in [6.07, 6.45) is 2.37. The van der Waals surface area contributed by atoms with Crippen LogP contribution in [0.15, 0.2) is 0 Å². The molecule has 0 rings (SSSR count). The van der Waals surface area contributed by atoms with E-state index >= 15 is 0 Å². The second kappa shape index (κ2) is 4.25. The van der Waals surface area contributed by atoms with Crippen LogP contribution in [-0.4, -0.2) is 5.25 Å². The third-order valence-electron chi connectivity index (χ3n) is 1.68. The van der Waals surface area contributed by atoms with Crippen LogP contribution in [0.4, 0.5) is 0 Å². The van der Waals surface area contributed by atoms with E-state index in [2.05, 4.69) is 20.8 Å². The van der Waals surface area contributed by atoms with Crippen molar-refractivity contribution >= 4 is 12.6 Å². The van der Waals surface area contributed by atoms with E-state index in [0.29, 0.717) is 5.25 Å². The molecule has 8 heavy (non-hydrogen) atoms. The maximum absolute atomic E-state index is 5.16. The summed E-state index contributed by atoms with van der Waals surface area (Å²) in [6.45, 7) is 6.57. The molecule has 0 aromatic carbocycles. The van der Waals surface area contributed by atoms with E-state index in [4.69, 9.17) is 12.6 Å². The van der Waals surface area contributed by atoms with Crippen molar-refractivity contribution in [1.29, 1.82) is 0 Å². The number of rotatable bonds is 3. The maximum atomic E-state index is 5.16. The summed E-state index contributed by atoms with van der Waals surface area (Å²) in [5.41, 5.74) is 0. The molecule has 0 nitrogen and oxygen atoms in total. The lowest BCUT2D eigenvalue weighted by Crippen LogP contribution is -2.08. The first kappa shape index (κ1) is 8.35. The summed E-state index contributed by atoms with van der Waals surface area (Å²) >= 11 is 5.16. The molecule has 0 heterocycles. The van der Waals surface area contributed by atoms with Gasteiger partial charge in [-0.05, 0) is 12.3 Å². The van der Waals surface area contributed by atoms with Crippen LogP contribution in [0.2, 0.25) is 0 Å². The molecule has 0 amide bonds. The summed E-state index contributed by atoms with van der Waals surface area (Å²) in [5.74, 6) is 0.731. The smallest absolute Gasteiger partial charge is 0.0174 e. The van der Waals surface area contributed by atoms with Gasteiger partial charge in [-0.1, -0.05) is 39.8 Å². The Hall–Kier alpha value is 0.350. The van der Waals surface area contributed by atoms with E-state index in [9.17, 15) is 0 Å². The second-order valence-electron chi connectivity index (χ2n) is 2.33. The van der Waals surface area contributed by atoms with Crippen molar-refractivity contribution in [2.75, 3.05) is 0 Å². The topological polar surface area (TPSA) is 0 Å². The molecule has 0 aromatic rings. The highest BCUT2D eigenvalue weighted by atomic mass is 32.1. The normalized spacial score (nSPS) is 18.0. The highest BCUT2D eigenvalue weighted by molar-refractivity contribution is 7.81. The van der Waals surface area contributed by atoms with Crippen LogP contribution >= 0.6 is 12.6 Å². The van der Waals surface area contributed by atoms with E-state index < -0.39 is 0 Å². The molecular weight excluding hydrogens is 116 g/mol. The van der Waals surface area contributed by atoms with Gasteiger partial charge in [-0.2, -0.15) is 0 Å². The zero-order valence-electron chi connectivity index (χ0n) is 5.98. The van der Waals surface area contributed by atoms with Crippen molar-refractivity contribution in [1.82, 2.24) is 0 Å². The van der Waals surface area contributed by atoms with Crippen LogP contribution in [0.5, 0.6) is 0 Å². The first-order valence-electron chi connectivity index (χ1n) is 3.38. The molecule has 2 unspecified atom stereocenters. The fourth-order valence-corrected chi connectivity index (χ4v) is 0.858. The molecule has 0 aliphatic carbocycles. The molecule has 0 spiro atoms. The van der Waals surface area contributed by atoms with Crippen LogP contribution in [0.1, 0.15) is 33.6 Å². The Kier molecular flexibility index (Phi) is 4.44. The van der Waals surface area contributed by atoms with Gasteiger partial charge >= 0.3 is 0 Å². The monoisotopic (exact) mass is 131 g/mol. The van der Waals surface area contributed by atoms with Gasteiger partial charge < -0.3 is 0 Å². The molecule has 0 saturated heterocycles. The Morgan fingerprint density at radius 3 is 1.88 bits per heavy atom. The van der Waals surface area contributed by atoms with E-state index in [1.165, 1.54) is 6.42 Å².